The summed E-state index contributed by atoms with van der Waals surface area (Å²) in [5.41, 5.74) is 4.23. The minimum atomic E-state index is -1.23. The van der Waals surface area contributed by atoms with Crippen LogP contribution in [0.3, 0.4) is 0 Å². The van der Waals surface area contributed by atoms with Crippen molar-refractivity contribution in [2.75, 3.05) is 37.7 Å². The van der Waals surface area contributed by atoms with Crippen LogP contribution in [-0.2, 0) is 42.9 Å². The molecule has 5 aliphatic rings. The van der Waals surface area contributed by atoms with Gasteiger partial charge in [-0.2, -0.15) is 0 Å². The number of benzene rings is 2. The largest absolute Gasteiger partial charge is 0.460 e. The first-order chi connectivity index (χ1) is 42.9. The average Bonchev–Trinajstić information content (AvgIpc) is 1.71. The Morgan fingerprint density at radius 2 is 1.24 bits per heavy atom. The highest BCUT2D eigenvalue weighted by atomic mass is 33.1. The van der Waals surface area contributed by atoms with E-state index in [1.165, 1.54) is 72.1 Å². The number of fused-ring (bicyclic) bond motifs is 8. The lowest BCUT2D eigenvalue weighted by molar-refractivity contribution is -0.156. The first kappa shape index (κ1) is 73.2. The van der Waals surface area contributed by atoms with Gasteiger partial charge in [0.2, 0.25) is 17.7 Å². The van der Waals surface area contributed by atoms with Crippen molar-refractivity contribution in [2.45, 2.75) is 247 Å². The van der Waals surface area contributed by atoms with Gasteiger partial charge < -0.3 is 45.1 Å². The van der Waals surface area contributed by atoms with Gasteiger partial charge in [-0.1, -0.05) is 136 Å². The predicted octanol–water partition coefficient (Wildman–Crippen LogP) is 14.7. The van der Waals surface area contributed by atoms with Crippen LogP contribution in [0.2, 0.25) is 0 Å². The normalized spacial score (nSPS) is 23.7. The van der Waals surface area contributed by atoms with E-state index in [0.717, 1.165) is 71.6 Å². The zero-order valence-corrected chi connectivity index (χ0v) is 59.1. The molecule has 7 rings (SSSR count). The van der Waals surface area contributed by atoms with Gasteiger partial charge in [0, 0.05) is 62.4 Å². The van der Waals surface area contributed by atoms with Crippen LogP contribution in [0.5, 0.6) is 0 Å². The molecule has 0 bridgehead atoms. The summed E-state index contributed by atoms with van der Waals surface area (Å²) in [6.45, 7) is 29.5. The van der Waals surface area contributed by atoms with Crippen molar-refractivity contribution >= 4 is 63.4 Å². The van der Waals surface area contributed by atoms with Crippen molar-refractivity contribution in [2.24, 2.45) is 46.3 Å². The van der Waals surface area contributed by atoms with E-state index in [1.807, 2.05) is 49.9 Å². The second-order valence-electron chi connectivity index (χ2n) is 30.6. The first-order valence-corrected chi connectivity index (χ1v) is 36.7. The molecule has 4 N–H and O–H groups in total. The van der Waals surface area contributed by atoms with Crippen LogP contribution in [0.15, 0.2) is 60.2 Å². The molecule has 2 aromatic carbocycles. The van der Waals surface area contributed by atoms with Gasteiger partial charge in [-0.3, -0.25) is 24.0 Å². The number of rotatable bonds is 29. The third-order valence-corrected chi connectivity index (χ3v) is 22.3. The summed E-state index contributed by atoms with van der Waals surface area (Å²) in [6, 6.07) is 13.8. The maximum absolute atomic E-state index is 14.3. The number of alkyl carbamates (subject to hydrolysis) is 1. The van der Waals surface area contributed by atoms with Gasteiger partial charge in [0.1, 0.15) is 35.5 Å². The van der Waals surface area contributed by atoms with Crippen molar-refractivity contribution in [1.29, 1.82) is 0 Å². The number of amides is 5. The lowest BCUT2D eigenvalue weighted by Crippen LogP contribution is -2.54. The van der Waals surface area contributed by atoms with E-state index in [1.54, 1.807) is 41.5 Å². The Kier molecular flexibility index (Phi) is 26.0. The van der Waals surface area contributed by atoms with Gasteiger partial charge in [0.05, 0.1) is 0 Å². The molecule has 0 aromatic heterocycles. The highest BCUT2D eigenvalue weighted by molar-refractivity contribution is 8.76. The molecule has 0 radical (unpaired) electrons. The van der Waals surface area contributed by atoms with E-state index < -0.39 is 64.6 Å². The van der Waals surface area contributed by atoms with Crippen LogP contribution in [0.4, 0.5) is 9.59 Å². The molecule has 506 valence electrons. The van der Waals surface area contributed by atoms with Crippen LogP contribution < -0.4 is 21.3 Å². The van der Waals surface area contributed by atoms with E-state index in [2.05, 4.69) is 86.2 Å². The Morgan fingerprint density at radius 3 is 1.86 bits per heavy atom. The third-order valence-electron chi connectivity index (χ3n) is 19.9. The van der Waals surface area contributed by atoms with E-state index in [0.29, 0.717) is 48.3 Å². The summed E-state index contributed by atoms with van der Waals surface area (Å²) in [5.74, 6) is 2.45. The Bertz CT molecular complexity index is 2810. The highest BCUT2D eigenvalue weighted by Gasteiger charge is 2.59. The van der Waals surface area contributed by atoms with E-state index in [9.17, 15) is 33.6 Å². The SMILES string of the molecule is CC(C)CCC[C@@H](C)[C@H]1CC[C@H]2[C@@H]3CC=C4C[C@@H](N(CCCNC(=O)[C@H](CCC(=O)OC(C)(C)C)NC(=O)[C@H](CCC(=O)OC(C)(C)C)NC(=O)CCSSCCNC(=O)OCC5c6ccccc6-c6ccccc65)C(=O)OC(C)(C)C)CC[C@]4(C)[C@H]3CC[C@]12C. The number of nitrogens with zero attached hydrogens (tertiary/aromatic N) is 1. The van der Waals surface area contributed by atoms with E-state index in [-0.39, 0.29) is 68.7 Å². The van der Waals surface area contributed by atoms with Crippen LogP contribution in [0.25, 0.3) is 11.1 Å². The van der Waals surface area contributed by atoms with Crippen molar-refractivity contribution in [3.05, 3.63) is 71.3 Å². The Hall–Kier alpha value is -5.23. The number of hydrogen-bond acceptors (Lipinski definition) is 13. The second kappa shape index (κ2) is 32.3. The molecule has 18 heteroatoms. The number of allylic oxidation sites excluding steroid dienone is 1. The standard InChI is InChI=1S/C73H111N5O11S2/c1-47(2)21-19-22-48(3)57-29-30-58-55-28-27-49-45-50(35-38-72(49,13)59(55)36-39-73(57,58)14)78(68(85)89-71(10,11)12)42-20-40-74-65(82)60(31-33-63(80)87-69(4,5)6)77-66(83)61(32-34-64(81)88-70(7,8)9)76-62(79)37-43-90-91-44-41-75-67(84)86-46-56-53-25-17-15-23-51(53)52-24-16-18-26-54(52)56/h15-18,23-27,47-48,50,55-61H,19-22,28-46H2,1-14H3,(H,74,82)(H,75,84)(H,76,79)(H,77,83)/t48-,50+,55+,57-,58+,59+,60+,61+,72+,73-/m1/s1. The maximum Gasteiger partial charge on any atom is 0.410 e. The molecule has 0 heterocycles. The molecular weight excluding hydrogens is 1190 g/mol. The Labute approximate surface area is 552 Å². The zero-order valence-electron chi connectivity index (χ0n) is 57.5. The van der Waals surface area contributed by atoms with Gasteiger partial charge in [0.15, 0.2) is 0 Å². The highest BCUT2D eigenvalue weighted by Crippen LogP contribution is 2.67. The molecule has 0 saturated heterocycles. The summed E-state index contributed by atoms with van der Waals surface area (Å²) in [4.78, 5) is 97.1. The van der Waals surface area contributed by atoms with Gasteiger partial charge in [-0.05, 0) is 202 Å². The summed E-state index contributed by atoms with van der Waals surface area (Å²) >= 11 is 0. The molecule has 5 aliphatic carbocycles. The Morgan fingerprint density at radius 1 is 0.637 bits per heavy atom. The number of hydrogen-bond donors (Lipinski definition) is 4. The minimum Gasteiger partial charge on any atom is -0.460 e. The van der Waals surface area contributed by atoms with E-state index >= 15 is 0 Å². The molecule has 91 heavy (non-hydrogen) atoms. The van der Waals surface area contributed by atoms with Crippen molar-refractivity contribution < 1.29 is 52.5 Å². The molecule has 0 spiro atoms. The monoisotopic (exact) mass is 1300 g/mol. The second-order valence-corrected chi connectivity index (χ2v) is 33.3. The van der Waals surface area contributed by atoms with Gasteiger partial charge in [-0.25, -0.2) is 9.59 Å². The molecular formula is C73H111N5O11S2. The molecule has 16 nitrogen and oxygen atoms in total. The number of esters is 2. The smallest absolute Gasteiger partial charge is 0.410 e. The number of carbonyl (C=O) groups excluding carboxylic acids is 7. The molecule has 10 atom stereocenters. The summed E-state index contributed by atoms with van der Waals surface area (Å²) in [7, 11) is 2.91. The molecule has 3 fully saturated rings. The third kappa shape index (κ3) is 20.6. The number of nitrogens with one attached hydrogen (secondary N) is 4. The van der Waals surface area contributed by atoms with Gasteiger partial charge >= 0.3 is 24.1 Å². The van der Waals surface area contributed by atoms with E-state index in [4.69, 9.17) is 18.9 Å². The lowest BCUT2D eigenvalue weighted by Gasteiger charge is -2.59. The van der Waals surface area contributed by atoms with Crippen LogP contribution in [0.1, 0.15) is 223 Å². The zero-order chi connectivity index (χ0) is 66.5. The number of carbonyl (C=O) groups is 7. The van der Waals surface area contributed by atoms with Crippen molar-refractivity contribution in [3.63, 3.8) is 0 Å². The fraction of sp³-hybridized carbons (Fsp3) is 0.712. The van der Waals surface area contributed by atoms with Crippen molar-refractivity contribution in [1.82, 2.24) is 26.2 Å². The number of ether oxygens (including phenoxy) is 4. The molecule has 5 amide bonds. The fourth-order valence-corrected chi connectivity index (χ4v) is 17.6. The molecule has 2 aromatic rings. The maximum atomic E-state index is 14.3. The molecule has 3 saturated carbocycles. The average molecular weight is 1300 g/mol. The summed E-state index contributed by atoms with van der Waals surface area (Å²) in [6.07, 6.45) is 14.5. The van der Waals surface area contributed by atoms with Crippen LogP contribution in [-0.4, -0.2) is 119 Å². The fourth-order valence-electron chi connectivity index (χ4n) is 15.7. The molecule has 0 aliphatic heterocycles. The lowest BCUT2D eigenvalue weighted by atomic mass is 9.46. The molecule has 0 unspecified atom stereocenters. The van der Waals surface area contributed by atoms with Crippen LogP contribution in [0, 0.1) is 46.3 Å². The van der Waals surface area contributed by atoms with Gasteiger partial charge in [-0.15, -0.1) is 0 Å². The predicted molar refractivity (Wildman–Crippen MR) is 364 cm³/mol. The Balaban J connectivity index is 0.929. The minimum absolute atomic E-state index is 0.0357. The van der Waals surface area contributed by atoms with Crippen molar-refractivity contribution in [3.8, 4) is 11.1 Å². The first-order valence-electron chi connectivity index (χ1n) is 34.2. The van der Waals surface area contributed by atoms with Gasteiger partial charge in [0.25, 0.3) is 0 Å². The summed E-state index contributed by atoms with van der Waals surface area (Å²) < 4.78 is 22.9. The topological polar surface area (TPSA) is 208 Å². The summed E-state index contributed by atoms with van der Waals surface area (Å²) in [5, 5.41) is 11.4. The quantitative estimate of drug-likeness (QED) is 0.0197. The van der Waals surface area contributed by atoms with Crippen LogP contribution >= 0.6 is 21.6 Å².